The Morgan fingerprint density at radius 2 is 1.35 bits per heavy atom. The van der Waals surface area contributed by atoms with E-state index in [2.05, 4.69) is 0 Å². The standard InChI is InChI=1S/C17H19NO2/c1-17(16(19)18(2)20-3,14-10-6-4-7-11-14)15-12-8-5-9-13-15/h4-13H,1-3H3. The van der Waals surface area contributed by atoms with E-state index in [1.165, 1.54) is 12.2 Å². The summed E-state index contributed by atoms with van der Waals surface area (Å²) in [5, 5.41) is 1.28. The van der Waals surface area contributed by atoms with Crippen molar-refractivity contribution in [2.24, 2.45) is 0 Å². The maximum absolute atomic E-state index is 12.8. The average molecular weight is 269 g/mol. The summed E-state index contributed by atoms with van der Waals surface area (Å²) in [7, 11) is 3.13. The Balaban J connectivity index is 2.58. The van der Waals surface area contributed by atoms with E-state index in [1.54, 1.807) is 7.05 Å². The molecule has 0 unspecified atom stereocenters. The first-order valence-corrected chi connectivity index (χ1v) is 6.54. The van der Waals surface area contributed by atoms with Crippen molar-refractivity contribution in [3.8, 4) is 0 Å². The maximum atomic E-state index is 12.8. The molecule has 0 saturated heterocycles. The van der Waals surface area contributed by atoms with Crippen LogP contribution in [-0.2, 0) is 15.0 Å². The minimum Gasteiger partial charge on any atom is -0.275 e. The second kappa shape index (κ2) is 5.88. The van der Waals surface area contributed by atoms with Gasteiger partial charge in [0.05, 0.1) is 12.5 Å². The van der Waals surface area contributed by atoms with Crippen LogP contribution in [0.2, 0.25) is 0 Å². The lowest BCUT2D eigenvalue weighted by atomic mass is 9.75. The number of carbonyl (C=O) groups is 1. The summed E-state index contributed by atoms with van der Waals surface area (Å²) in [6, 6.07) is 19.5. The minimum atomic E-state index is -0.771. The van der Waals surface area contributed by atoms with Gasteiger partial charge < -0.3 is 0 Å². The Labute approximate surface area is 119 Å². The molecule has 0 N–H and O–H groups in total. The zero-order valence-electron chi connectivity index (χ0n) is 12.0. The normalized spacial score (nSPS) is 11.2. The first-order chi connectivity index (χ1) is 9.60. The zero-order chi connectivity index (χ0) is 14.6. The van der Waals surface area contributed by atoms with Crippen LogP contribution in [0.4, 0.5) is 0 Å². The molecule has 0 bridgehead atoms. The summed E-state index contributed by atoms with van der Waals surface area (Å²) >= 11 is 0. The largest absolute Gasteiger partial charge is 0.275 e. The smallest absolute Gasteiger partial charge is 0.260 e. The van der Waals surface area contributed by atoms with Crippen LogP contribution in [0.15, 0.2) is 60.7 Å². The van der Waals surface area contributed by atoms with Gasteiger partial charge in [-0.05, 0) is 18.1 Å². The van der Waals surface area contributed by atoms with Crippen LogP contribution in [0.25, 0.3) is 0 Å². The first-order valence-electron chi connectivity index (χ1n) is 6.54. The number of hydrogen-bond acceptors (Lipinski definition) is 2. The summed E-state index contributed by atoms with van der Waals surface area (Å²) < 4.78 is 0. The molecule has 2 rings (SSSR count). The number of benzene rings is 2. The summed E-state index contributed by atoms with van der Waals surface area (Å²) in [4.78, 5) is 17.9. The summed E-state index contributed by atoms with van der Waals surface area (Å²) in [6.07, 6.45) is 0. The average Bonchev–Trinajstić information content (AvgIpc) is 2.54. The van der Waals surface area contributed by atoms with Gasteiger partial charge in [-0.15, -0.1) is 0 Å². The fourth-order valence-electron chi connectivity index (χ4n) is 2.35. The van der Waals surface area contributed by atoms with E-state index in [0.29, 0.717) is 0 Å². The molecule has 0 spiro atoms. The molecule has 20 heavy (non-hydrogen) atoms. The van der Waals surface area contributed by atoms with Crippen LogP contribution in [0.3, 0.4) is 0 Å². The molecule has 3 nitrogen and oxygen atoms in total. The molecular weight excluding hydrogens is 250 g/mol. The van der Waals surface area contributed by atoms with Gasteiger partial charge >= 0.3 is 0 Å². The minimum absolute atomic E-state index is 0.0996. The zero-order valence-corrected chi connectivity index (χ0v) is 12.0. The molecule has 0 fully saturated rings. The Morgan fingerprint density at radius 1 is 0.950 bits per heavy atom. The van der Waals surface area contributed by atoms with E-state index in [4.69, 9.17) is 4.84 Å². The van der Waals surface area contributed by atoms with E-state index >= 15 is 0 Å². The third-order valence-corrected chi connectivity index (χ3v) is 3.69. The Bertz CT molecular complexity index is 527. The number of likely N-dealkylation sites (N-methyl/N-ethyl adjacent to an activating group) is 1. The van der Waals surface area contributed by atoms with Crippen LogP contribution < -0.4 is 0 Å². The van der Waals surface area contributed by atoms with Gasteiger partial charge in [0.25, 0.3) is 5.91 Å². The van der Waals surface area contributed by atoms with Crippen molar-refractivity contribution in [2.75, 3.05) is 14.2 Å². The highest BCUT2D eigenvalue weighted by molar-refractivity contribution is 5.90. The van der Waals surface area contributed by atoms with Crippen molar-refractivity contribution < 1.29 is 9.63 Å². The highest BCUT2D eigenvalue weighted by Gasteiger charge is 2.39. The Kier molecular flexibility index (Phi) is 4.20. The van der Waals surface area contributed by atoms with Crippen molar-refractivity contribution >= 4 is 5.91 Å². The van der Waals surface area contributed by atoms with Gasteiger partial charge in [-0.2, -0.15) is 0 Å². The van der Waals surface area contributed by atoms with E-state index in [1.807, 2.05) is 67.6 Å². The molecule has 2 aromatic carbocycles. The molecule has 104 valence electrons. The number of hydroxylamine groups is 2. The molecule has 0 aliphatic heterocycles. The van der Waals surface area contributed by atoms with Crippen molar-refractivity contribution in [2.45, 2.75) is 12.3 Å². The summed E-state index contributed by atoms with van der Waals surface area (Å²) in [6.45, 7) is 1.93. The van der Waals surface area contributed by atoms with Gasteiger partial charge in [0.15, 0.2) is 0 Å². The van der Waals surface area contributed by atoms with Crippen molar-refractivity contribution in [3.05, 3.63) is 71.8 Å². The van der Waals surface area contributed by atoms with Gasteiger partial charge in [0, 0.05) is 7.05 Å². The summed E-state index contributed by atoms with van der Waals surface area (Å²) in [5.74, 6) is -0.0996. The molecule has 0 saturated carbocycles. The van der Waals surface area contributed by atoms with E-state index in [0.717, 1.165) is 11.1 Å². The lowest BCUT2D eigenvalue weighted by Gasteiger charge is -2.32. The van der Waals surface area contributed by atoms with Gasteiger partial charge in [0.1, 0.15) is 0 Å². The molecule has 0 aliphatic carbocycles. The quantitative estimate of drug-likeness (QED) is 0.798. The number of carbonyl (C=O) groups excluding carboxylic acids is 1. The molecule has 0 radical (unpaired) electrons. The second-order valence-corrected chi connectivity index (χ2v) is 4.84. The summed E-state index contributed by atoms with van der Waals surface area (Å²) in [5.41, 5.74) is 1.12. The fourth-order valence-corrected chi connectivity index (χ4v) is 2.35. The van der Waals surface area contributed by atoms with Gasteiger partial charge in [-0.1, -0.05) is 60.7 Å². The molecular formula is C17H19NO2. The van der Waals surface area contributed by atoms with Gasteiger partial charge in [-0.3, -0.25) is 9.63 Å². The third kappa shape index (κ3) is 2.45. The second-order valence-electron chi connectivity index (χ2n) is 4.84. The lowest BCUT2D eigenvalue weighted by molar-refractivity contribution is -0.173. The van der Waals surface area contributed by atoms with Gasteiger partial charge in [-0.25, -0.2) is 5.06 Å². The molecule has 2 aromatic rings. The monoisotopic (exact) mass is 269 g/mol. The fraction of sp³-hybridized carbons (Fsp3) is 0.235. The first kappa shape index (κ1) is 14.3. The highest BCUT2D eigenvalue weighted by Crippen LogP contribution is 2.33. The van der Waals surface area contributed by atoms with Crippen LogP contribution in [0.1, 0.15) is 18.1 Å². The Morgan fingerprint density at radius 3 is 1.70 bits per heavy atom. The van der Waals surface area contributed by atoms with Crippen LogP contribution >= 0.6 is 0 Å². The van der Waals surface area contributed by atoms with Crippen LogP contribution in [0.5, 0.6) is 0 Å². The number of rotatable bonds is 4. The molecule has 1 amide bonds. The maximum Gasteiger partial charge on any atom is 0.260 e. The number of amides is 1. The van der Waals surface area contributed by atoms with Crippen molar-refractivity contribution in [3.63, 3.8) is 0 Å². The van der Waals surface area contributed by atoms with Crippen LogP contribution in [-0.4, -0.2) is 25.1 Å². The number of nitrogens with zero attached hydrogens (tertiary/aromatic N) is 1. The lowest BCUT2D eigenvalue weighted by Crippen LogP contribution is -2.43. The molecule has 0 heterocycles. The van der Waals surface area contributed by atoms with E-state index < -0.39 is 5.41 Å². The predicted octanol–water partition coefficient (Wildman–Crippen LogP) is 3.01. The molecule has 0 aromatic heterocycles. The van der Waals surface area contributed by atoms with Gasteiger partial charge in [0.2, 0.25) is 0 Å². The highest BCUT2D eigenvalue weighted by atomic mass is 16.7. The SMILES string of the molecule is CON(C)C(=O)C(C)(c1ccccc1)c1ccccc1. The van der Waals surface area contributed by atoms with Crippen LogP contribution in [0, 0.1) is 0 Å². The third-order valence-electron chi connectivity index (χ3n) is 3.69. The number of hydrogen-bond donors (Lipinski definition) is 0. The van der Waals surface area contributed by atoms with E-state index in [-0.39, 0.29) is 5.91 Å². The predicted molar refractivity (Wildman–Crippen MR) is 79.1 cm³/mol. The van der Waals surface area contributed by atoms with Crippen molar-refractivity contribution in [1.29, 1.82) is 0 Å². The Hall–Kier alpha value is -2.13. The molecule has 0 atom stereocenters. The van der Waals surface area contributed by atoms with Crippen molar-refractivity contribution in [1.82, 2.24) is 5.06 Å². The molecule has 0 aliphatic rings. The van der Waals surface area contributed by atoms with E-state index in [9.17, 15) is 4.79 Å². The molecule has 3 heteroatoms. The topological polar surface area (TPSA) is 29.5 Å².